The molecule has 0 fully saturated rings. The molecule has 0 amide bonds. The average molecular weight is 439 g/mol. The first-order chi connectivity index (χ1) is 8.96. The fourth-order valence-electron chi connectivity index (χ4n) is 5.03. The van der Waals surface area contributed by atoms with E-state index in [2.05, 4.69) is 69.8 Å². The van der Waals surface area contributed by atoms with Crippen molar-refractivity contribution in [3.8, 4) is 0 Å². The fraction of sp³-hybridized carbons (Fsp3) is 0.556. The molecule has 0 aromatic carbocycles. The van der Waals surface area contributed by atoms with Crippen LogP contribution >= 0.6 is 24.8 Å². The predicted molar refractivity (Wildman–Crippen MR) is 106 cm³/mol. The smallest absolute Gasteiger partial charge is 0.147 e. The number of hydrogen-bond donors (Lipinski definition) is 0. The number of allylic oxidation sites excluding steroid dienone is 8. The molecule has 22 heavy (non-hydrogen) atoms. The maximum Gasteiger partial charge on any atom is -0.147 e. The maximum absolute atomic E-state index is 3.02. The van der Waals surface area contributed by atoms with E-state index in [9.17, 15) is 0 Å². The van der Waals surface area contributed by atoms with Crippen LogP contribution in [0.25, 0.3) is 0 Å². The second-order valence-corrected chi connectivity index (χ2v) is 36.5. The zero-order valence-corrected chi connectivity index (χ0v) is 20.8. The van der Waals surface area contributed by atoms with Crippen LogP contribution in [0.1, 0.15) is 41.5 Å². The molecule has 0 heterocycles. The van der Waals surface area contributed by atoms with Crippen LogP contribution < -0.4 is 0 Å². The molecular weight excluding hydrogens is 406 g/mol. The van der Waals surface area contributed by atoms with Gasteiger partial charge in [-0.05, 0) is 0 Å². The summed E-state index contributed by atoms with van der Waals surface area (Å²) in [4.78, 5) is 0. The first-order valence-corrected chi connectivity index (χ1v) is 21.1. The van der Waals surface area contributed by atoms with Gasteiger partial charge in [-0.15, -0.1) is 24.8 Å². The summed E-state index contributed by atoms with van der Waals surface area (Å²) in [6, 6.07) is 0. The van der Waals surface area contributed by atoms with Gasteiger partial charge in [-0.1, -0.05) is 0 Å². The van der Waals surface area contributed by atoms with E-state index in [1.54, 1.807) is 22.3 Å². The summed E-state index contributed by atoms with van der Waals surface area (Å²) in [6.45, 7) is 16.5. The standard InChI is InChI=1S/2C8H11.2CH3.2ClH.H2Si.Zr/c2*1-6-4-7(2)8(3)5-6;;;;;;/h2*4,8H,1-3H3;2*1H3;2*1H;1H2;. The summed E-state index contributed by atoms with van der Waals surface area (Å²) in [5.74, 6) is 1.31. The number of hydrogen-bond acceptors (Lipinski definition) is 0. The molecule has 0 spiro atoms. The van der Waals surface area contributed by atoms with E-state index in [1.807, 2.05) is 6.56 Å². The molecule has 2 rings (SSSR count). The van der Waals surface area contributed by atoms with Gasteiger partial charge in [0.05, 0.1) is 0 Å². The minimum absolute atomic E-state index is 0. The van der Waals surface area contributed by atoms with Gasteiger partial charge >= 0.3 is 128 Å². The largest absolute Gasteiger partial charge is 0.147 e. The van der Waals surface area contributed by atoms with Gasteiger partial charge < -0.3 is 0 Å². The molecular formula is C18H32Cl2SiZr. The van der Waals surface area contributed by atoms with Crippen LogP contribution in [0.15, 0.2) is 41.0 Å². The van der Waals surface area contributed by atoms with Crippen molar-refractivity contribution in [1.29, 1.82) is 0 Å². The van der Waals surface area contributed by atoms with Gasteiger partial charge in [0.15, 0.2) is 0 Å². The summed E-state index contributed by atoms with van der Waals surface area (Å²) in [6.07, 6.45) is 4.87. The Kier molecular flexibility index (Phi) is 7.07. The van der Waals surface area contributed by atoms with Crippen LogP contribution in [0, 0.1) is 11.8 Å². The van der Waals surface area contributed by atoms with Gasteiger partial charge in [-0.3, -0.25) is 0 Å². The second-order valence-electron chi connectivity index (χ2n) is 8.10. The van der Waals surface area contributed by atoms with Crippen LogP contribution in [0.4, 0.5) is 0 Å². The third kappa shape index (κ3) is 3.37. The van der Waals surface area contributed by atoms with Crippen molar-refractivity contribution in [2.75, 3.05) is 0 Å². The molecule has 2 aliphatic carbocycles. The molecule has 0 aliphatic heterocycles. The van der Waals surface area contributed by atoms with Crippen LogP contribution in [0.2, 0.25) is 9.26 Å². The Labute approximate surface area is 151 Å². The molecule has 2 unspecified atom stereocenters. The Balaban J connectivity index is 0.00000220. The molecule has 2 aliphatic rings. The number of halogens is 2. The monoisotopic (exact) mass is 436 g/mol. The second kappa shape index (κ2) is 6.87. The Morgan fingerprint density at radius 1 is 0.773 bits per heavy atom. The zero-order valence-electron chi connectivity index (χ0n) is 15.3. The van der Waals surface area contributed by atoms with E-state index in [1.165, 1.54) is 0 Å². The molecule has 0 nitrogen and oxygen atoms in total. The quantitative estimate of drug-likeness (QED) is 0.471. The molecule has 0 bridgehead atoms. The number of rotatable bonds is 2. The third-order valence-corrected chi connectivity index (χ3v) is 22.8. The van der Waals surface area contributed by atoms with Crippen molar-refractivity contribution in [3.63, 3.8) is 0 Å². The maximum atomic E-state index is 2.66. The Bertz CT molecular complexity index is 619. The summed E-state index contributed by atoms with van der Waals surface area (Å²) in [7, 11) is 0. The first kappa shape index (κ1) is 22.6. The molecule has 0 aromatic heterocycles. The normalized spacial score (nSPS) is 25.7. The van der Waals surface area contributed by atoms with Crippen molar-refractivity contribution >= 4 is 31.7 Å². The molecule has 0 saturated carbocycles. The van der Waals surface area contributed by atoms with Gasteiger partial charge in [0.2, 0.25) is 0 Å². The summed E-state index contributed by atoms with van der Waals surface area (Å²) in [5, 5.41) is 0. The zero-order chi connectivity index (χ0) is 15.5. The molecule has 4 heteroatoms. The average Bonchev–Trinajstić information content (AvgIpc) is 2.65. The van der Waals surface area contributed by atoms with Crippen molar-refractivity contribution in [1.82, 2.24) is 0 Å². The summed E-state index contributed by atoms with van der Waals surface area (Å²) < 4.78 is 8.96. The third-order valence-electron chi connectivity index (χ3n) is 5.70. The van der Waals surface area contributed by atoms with Crippen molar-refractivity contribution in [3.05, 3.63) is 41.0 Å². The SMILES string of the molecule is CC1=CC(C)=[C]([Zr]([CH3])([CH3])(=[SiH2])[C]2=C(C)C=C(C)C2C)C1C.Cl.Cl. The van der Waals surface area contributed by atoms with Crippen molar-refractivity contribution in [2.24, 2.45) is 11.8 Å². The van der Waals surface area contributed by atoms with Crippen molar-refractivity contribution in [2.45, 2.75) is 50.8 Å². The van der Waals surface area contributed by atoms with E-state index in [4.69, 9.17) is 0 Å². The van der Waals surface area contributed by atoms with E-state index in [-0.39, 0.29) is 24.8 Å². The van der Waals surface area contributed by atoms with Crippen LogP contribution in [0.5, 0.6) is 0 Å². The molecule has 0 radical (unpaired) electrons. The molecule has 0 N–H and O–H groups in total. The summed E-state index contributed by atoms with van der Waals surface area (Å²) >= 11 is -3.02. The van der Waals surface area contributed by atoms with E-state index < -0.39 is 17.4 Å². The van der Waals surface area contributed by atoms with Crippen LogP contribution in [-0.4, -0.2) is 6.88 Å². The van der Waals surface area contributed by atoms with Gasteiger partial charge in [-0.25, -0.2) is 0 Å². The summed E-state index contributed by atoms with van der Waals surface area (Å²) in [5.41, 5.74) is 6.25. The van der Waals surface area contributed by atoms with E-state index in [0.29, 0.717) is 11.8 Å². The minimum atomic E-state index is -3.02. The van der Waals surface area contributed by atoms with Crippen molar-refractivity contribution < 1.29 is 17.4 Å². The topological polar surface area (TPSA) is 0 Å². The van der Waals surface area contributed by atoms with Gasteiger partial charge in [0.25, 0.3) is 0 Å². The van der Waals surface area contributed by atoms with E-state index in [0.717, 1.165) is 0 Å². The molecule has 126 valence electrons. The molecule has 0 saturated heterocycles. The predicted octanol–water partition coefficient (Wildman–Crippen LogP) is 5.90. The minimum Gasteiger partial charge on any atom is -0.147 e. The van der Waals surface area contributed by atoms with E-state index >= 15 is 0 Å². The van der Waals surface area contributed by atoms with Gasteiger partial charge in [0.1, 0.15) is 0 Å². The Morgan fingerprint density at radius 2 is 1.05 bits per heavy atom. The van der Waals surface area contributed by atoms with Crippen LogP contribution in [-0.2, 0) is 17.4 Å². The fourth-order valence-corrected chi connectivity index (χ4v) is 27.2. The van der Waals surface area contributed by atoms with Gasteiger partial charge in [-0.2, -0.15) is 0 Å². The Morgan fingerprint density at radius 3 is 1.23 bits per heavy atom. The molecule has 0 aromatic rings. The first-order valence-electron chi connectivity index (χ1n) is 7.82. The van der Waals surface area contributed by atoms with Gasteiger partial charge in [0, 0.05) is 0 Å². The molecule has 2 atom stereocenters. The Hall–Kier alpha value is 0.640. The van der Waals surface area contributed by atoms with Crippen LogP contribution in [0.3, 0.4) is 0 Å².